The third-order valence-electron chi connectivity index (χ3n) is 7.10. The molecule has 4 bridgehead atoms. The first-order valence-corrected chi connectivity index (χ1v) is 9.98. The van der Waals surface area contributed by atoms with E-state index in [1.54, 1.807) is 11.9 Å². The smallest absolute Gasteiger partial charge is 0.243 e. The summed E-state index contributed by atoms with van der Waals surface area (Å²) in [6.45, 7) is 4.18. The SMILES string of the molecule is Cc1cccc(NC(=O)CN(C)C(=O)C23CC4CC(CC(C4)C2)C3)c1C. The number of carbonyl (C=O) groups is 2. The van der Waals surface area contributed by atoms with E-state index in [0.717, 1.165) is 53.8 Å². The Labute approximate surface area is 156 Å². The zero-order valence-corrected chi connectivity index (χ0v) is 16.2. The van der Waals surface area contributed by atoms with Crippen LogP contribution in [0.3, 0.4) is 0 Å². The minimum Gasteiger partial charge on any atom is -0.336 e. The fourth-order valence-corrected chi connectivity index (χ4v) is 6.14. The Kier molecular flexibility index (Phi) is 4.32. The van der Waals surface area contributed by atoms with E-state index < -0.39 is 0 Å². The highest BCUT2D eigenvalue weighted by Gasteiger charge is 2.55. The zero-order chi connectivity index (χ0) is 18.5. The van der Waals surface area contributed by atoms with Crippen molar-refractivity contribution in [2.24, 2.45) is 23.2 Å². The summed E-state index contributed by atoms with van der Waals surface area (Å²) in [4.78, 5) is 27.4. The topological polar surface area (TPSA) is 49.4 Å². The van der Waals surface area contributed by atoms with Crippen LogP contribution in [0.25, 0.3) is 0 Å². The van der Waals surface area contributed by atoms with Gasteiger partial charge in [-0.15, -0.1) is 0 Å². The Morgan fingerprint density at radius 3 is 2.23 bits per heavy atom. The van der Waals surface area contributed by atoms with Crippen LogP contribution in [0.5, 0.6) is 0 Å². The van der Waals surface area contributed by atoms with E-state index in [2.05, 4.69) is 5.32 Å². The highest BCUT2D eigenvalue weighted by Crippen LogP contribution is 2.60. The predicted molar refractivity (Wildman–Crippen MR) is 103 cm³/mol. The van der Waals surface area contributed by atoms with Crippen molar-refractivity contribution >= 4 is 17.5 Å². The molecule has 0 unspecified atom stereocenters. The maximum atomic E-state index is 13.3. The molecule has 4 aliphatic carbocycles. The van der Waals surface area contributed by atoms with Gasteiger partial charge >= 0.3 is 0 Å². The molecule has 0 aromatic heterocycles. The fraction of sp³-hybridized carbons (Fsp3) is 0.636. The number of likely N-dealkylation sites (N-methyl/N-ethyl adjacent to an activating group) is 1. The van der Waals surface area contributed by atoms with Crippen molar-refractivity contribution in [1.29, 1.82) is 0 Å². The number of aryl methyl sites for hydroxylation is 1. The Balaban J connectivity index is 1.41. The summed E-state index contributed by atoms with van der Waals surface area (Å²) >= 11 is 0. The summed E-state index contributed by atoms with van der Waals surface area (Å²) in [7, 11) is 1.80. The highest BCUT2D eigenvalue weighted by atomic mass is 16.2. The van der Waals surface area contributed by atoms with E-state index in [1.165, 1.54) is 19.3 Å². The molecule has 0 aliphatic heterocycles. The maximum Gasteiger partial charge on any atom is 0.243 e. The van der Waals surface area contributed by atoms with Crippen LogP contribution in [0.4, 0.5) is 5.69 Å². The lowest BCUT2D eigenvalue weighted by Gasteiger charge is -2.56. The molecule has 1 N–H and O–H groups in total. The molecule has 0 spiro atoms. The number of nitrogens with zero attached hydrogens (tertiary/aromatic N) is 1. The molecule has 140 valence electrons. The van der Waals surface area contributed by atoms with Crippen molar-refractivity contribution in [3.8, 4) is 0 Å². The van der Waals surface area contributed by atoms with Gasteiger partial charge in [-0.3, -0.25) is 9.59 Å². The average Bonchev–Trinajstić information content (AvgIpc) is 2.57. The molecule has 0 atom stereocenters. The highest BCUT2D eigenvalue weighted by molar-refractivity contribution is 5.96. The second-order valence-corrected chi connectivity index (χ2v) is 9.15. The van der Waals surface area contributed by atoms with Gasteiger partial charge in [0.1, 0.15) is 0 Å². The summed E-state index contributed by atoms with van der Waals surface area (Å²) < 4.78 is 0. The second-order valence-electron chi connectivity index (χ2n) is 9.15. The fourth-order valence-electron chi connectivity index (χ4n) is 6.14. The summed E-state index contributed by atoms with van der Waals surface area (Å²) in [6, 6.07) is 5.90. The van der Waals surface area contributed by atoms with E-state index in [9.17, 15) is 9.59 Å². The molecule has 0 saturated heterocycles. The Morgan fingerprint density at radius 1 is 1.08 bits per heavy atom. The maximum absolute atomic E-state index is 13.3. The summed E-state index contributed by atoms with van der Waals surface area (Å²) in [6.07, 6.45) is 7.10. The lowest BCUT2D eigenvalue weighted by atomic mass is 9.49. The third kappa shape index (κ3) is 3.04. The Hall–Kier alpha value is -1.84. The van der Waals surface area contributed by atoms with Crippen LogP contribution in [-0.4, -0.2) is 30.3 Å². The van der Waals surface area contributed by atoms with Crippen LogP contribution < -0.4 is 5.32 Å². The first-order valence-electron chi connectivity index (χ1n) is 9.98. The van der Waals surface area contributed by atoms with E-state index in [0.29, 0.717) is 0 Å². The number of nitrogens with one attached hydrogen (secondary N) is 1. The van der Waals surface area contributed by atoms with Gasteiger partial charge in [0.25, 0.3) is 0 Å². The van der Waals surface area contributed by atoms with E-state index in [1.807, 2.05) is 32.0 Å². The molecule has 1 aromatic carbocycles. The van der Waals surface area contributed by atoms with Crippen molar-refractivity contribution in [2.75, 3.05) is 18.9 Å². The minimum atomic E-state index is -0.178. The number of rotatable bonds is 4. The van der Waals surface area contributed by atoms with Crippen LogP contribution in [0.15, 0.2) is 18.2 Å². The van der Waals surface area contributed by atoms with Gasteiger partial charge in [-0.2, -0.15) is 0 Å². The van der Waals surface area contributed by atoms with Crippen molar-refractivity contribution < 1.29 is 9.59 Å². The largest absolute Gasteiger partial charge is 0.336 e. The molecule has 2 amide bonds. The average molecular weight is 354 g/mol. The third-order valence-corrected chi connectivity index (χ3v) is 7.10. The van der Waals surface area contributed by atoms with Gasteiger partial charge in [-0.05, 0) is 87.3 Å². The standard InChI is InChI=1S/C22H30N2O2/c1-14-5-4-6-19(15(14)2)23-20(25)13-24(3)21(26)22-10-16-7-17(11-22)9-18(8-16)12-22/h4-6,16-18H,7-13H2,1-3H3,(H,23,25). The molecular weight excluding hydrogens is 324 g/mol. The van der Waals surface area contributed by atoms with Crippen molar-refractivity contribution in [1.82, 2.24) is 4.90 Å². The molecule has 4 heteroatoms. The molecule has 26 heavy (non-hydrogen) atoms. The van der Waals surface area contributed by atoms with Crippen molar-refractivity contribution in [3.05, 3.63) is 29.3 Å². The van der Waals surface area contributed by atoms with Gasteiger partial charge in [0, 0.05) is 12.7 Å². The second kappa shape index (κ2) is 6.40. The quantitative estimate of drug-likeness (QED) is 0.891. The molecule has 0 heterocycles. The van der Waals surface area contributed by atoms with E-state index >= 15 is 0 Å². The van der Waals surface area contributed by atoms with Crippen molar-refractivity contribution in [2.45, 2.75) is 52.4 Å². The predicted octanol–water partition coefficient (Wildman–Crippen LogP) is 3.92. The summed E-state index contributed by atoms with van der Waals surface area (Å²) in [5, 5.41) is 2.98. The minimum absolute atomic E-state index is 0.112. The van der Waals surface area contributed by atoms with Crippen LogP contribution in [0.2, 0.25) is 0 Å². The van der Waals surface area contributed by atoms with Gasteiger partial charge in [-0.1, -0.05) is 12.1 Å². The normalized spacial score (nSPS) is 31.7. The van der Waals surface area contributed by atoms with Gasteiger partial charge in [0.05, 0.1) is 12.0 Å². The first-order chi connectivity index (χ1) is 12.4. The molecule has 4 aliphatic rings. The lowest BCUT2D eigenvalue weighted by Crippen LogP contribution is -2.54. The van der Waals surface area contributed by atoms with Crippen LogP contribution in [0, 0.1) is 37.0 Å². The van der Waals surface area contributed by atoms with E-state index in [4.69, 9.17) is 0 Å². The molecule has 4 fully saturated rings. The van der Waals surface area contributed by atoms with Gasteiger partial charge in [0.2, 0.25) is 11.8 Å². The first kappa shape index (κ1) is 17.6. The number of benzene rings is 1. The lowest BCUT2D eigenvalue weighted by molar-refractivity contribution is -0.157. The van der Waals surface area contributed by atoms with Crippen LogP contribution in [0.1, 0.15) is 49.7 Å². The number of carbonyl (C=O) groups excluding carboxylic acids is 2. The molecule has 0 radical (unpaired) electrons. The Morgan fingerprint density at radius 2 is 1.65 bits per heavy atom. The molecule has 5 rings (SSSR count). The number of amides is 2. The zero-order valence-electron chi connectivity index (χ0n) is 16.2. The molecular formula is C22H30N2O2. The molecule has 4 nitrogen and oxygen atoms in total. The summed E-state index contributed by atoms with van der Waals surface area (Å²) in [5.41, 5.74) is 2.89. The van der Waals surface area contributed by atoms with Gasteiger partial charge < -0.3 is 10.2 Å². The van der Waals surface area contributed by atoms with Gasteiger partial charge in [0.15, 0.2) is 0 Å². The van der Waals surface area contributed by atoms with Gasteiger partial charge in [-0.25, -0.2) is 0 Å². The summed E-state index contributed by atoms with van der Waals surface area (Å²) in [5.74, 6) is 2.30. The molecule has 4 saturated carbocycles. The monoisotopic (exact) mass is 354 g/mol. The Bertz CT molecular complexity index is 704. The number of anilines is 1. The number of hydrogen-bond donors (Lipinski definition) is 1. The van der Waals surface area contributed by atoms with Crippen molar-refractivity contribution in [3.63, 3.8) is 0 Å². The van der Waals surface area contributed by atoms with E-state index in [-0.39, 0.29) is 23.8 Å². The number of hydrogen-bond acceptors (Lipinski definition) is 2. The molecule has 1 aromatic rings. The van der Waals surface area contributed by atoms with Crippen LogP contribution in [-0.2, 0) is 9.59 Å². The van der Waals surface area contributed by atoms with Crippen LogP contribution >= 0.6 is 0 Å².